The molecule has 2 N–H and O–H groups in total. The van der Waals surface area contributed by atoms with Crippen LogP contribution in [0.15, 0.2) is 30.6 Å². The molecule has 2 aromatic rings. The van der Waals surface area contributed by atoms with E-state index >= 15 is 0 Å². The van der Waals surface area contributed by atoms with Crippen molar-refractivity contribution in [1.82, 2.24) is 4.98 Å². The molecule has 1 aromatic heterocycles. The first-order chi connectivity index (χ1) is 7.66. The quantitative estimate of drug-likeness (QED) is 0.843. The van der Waals surface area contributed by atoms with E-state index in [1.165, 1.54) is 5.56 Å². The summed E-state index contributed by atoms with van der Waals surface area (Å²) in [5.41, 5.74) is 3.02. The van der Waals surface area contributed by atoms with Crippen molar-refractivity contribution in [3.8, 4) is 0 Å². The lowest BCUT2D eigenvalue weighted by Crippen LogP contribution is -1.99. The molecule has 1 heterocycles. The maximum absolute atomic E-state index is 6.11. The molecule has 0 spiro atoms. The van der Waals surface area contributed by atoms with Gasteiger partial charge in [-0.05, 0) is 36.2 Å². The summed E-state index contributed by atoms with van der Waals surface area (Å²) in [6, 6.07) is 5.73. The van der Waals surface area contributed by atoms with Gasteiger partial charge in [0.1, 0.15) is 0 Å². The number of rotatable bonds is 3. The molecule has 0 atom stereocenters. The Hall–Kier alpha value is -1.12. The van der Waals surface area contributed by atoms with Crippen molar-refractivity contribution < 1.29 is 0 Å². The van der Waals surface area contributed by atoms with Crippen molar-refractivity contribution in [2.45, 2.75) is 13.5 Å². The fraction of sp³-hybridized carbons (Fsp3) is 0.167. The SMILES string of the molecule is Cc1cc(Cl)c(NCc2cc[nH]c2)cc1Cl. The Morgan fingerprint density at radius 3 is 2.75 bits per heavy atom. The number of aromatic nitrogens is 1. The number of hydrogen-bond acceptors (Lipinski definition) is 1. The largest absolute Gasteiger partial charge is 0.380 e. The smallest absolute Gasteiger partial charge is 0.0641 e. The normalized spacial score (nSPS) is 10.4. The number of halogens is 2. The molecule has 0 radical (unpaired) electrons. The van der Waals surface area contributed by atoms with Crippen LogP contribution in [0.25, 0.3) is 0 Å². The highest BCUT2D eigenvalue weighted by atomic mass is 35.5. The van der Waals surface area contributed by atoms with E-state index in [1.54, 1.807) is 0 Å². The minimum atomic E-state index is 0.692. The number of aryl methyl sites for hydroxylation is 1. The number of aromatic amines is 1. The summed E-state index contributed by atoms with van der Waals surface area (Å²) in [5, 5.41) is 4.66. The van der Waals surface area contributed by atoms with Crippen LogP contribution < -0.4 is 5.32 Å². The van der Waals surface area contributed by atoms with Crippen LogP contribution in [-0.4, -0.2) is 4.98 Å². The molecule has 16 heavy (non-hydrogen) atoms. The number of hydrogen-bond donors (Lipinski definition) is 2. The maximum atomic E-state index is 6.11. The van der Waals surface area contributed by atoms with Crippen LogP contribution >= 0.6 is 23.2 Å². The van der Waals surface area contributed by atoms with Crippen LogP contribution in [0.1, 0.15) is 11.1 Å². The van der Waals surface area contributed by atoms with Crippen molar-refractivity contribution in [3.05, 3.63) is 51.8 Å². The predicted molar refractivity (Wildman–Crippen MR) is 69.3 cm³/mol. The van der Waals surface area contributed by atoms with Gasteiger partial charge in [-0.15, -0.1) is 0 Å². The molecule has 0 aliphatic rings. The van der Waals surface area contributed by atoms with Crippen molar-refractivity contribution in [1.29, 1.82) is 0 Å². The van der Waals surface area contributed by atoms with Crippen molar-refractivity contribution in [2.75, 3.05) is 5.32 Å². The molecule has 0 bridgehead atoms. The minimum Gasteiger partial charge on any atom is -0.380 e. The molecule has 0 aliphatic carbocycles. The third kappa shape index (κ3) is 2.52. The molecule has 0 unspecified atom stereocenters. The lowest BCUT2D eigenvalue weighted by molar-refractivity contribution is 1.15. The third-order valence-corrected chi connectivity index (χ3v) is 3.11. The topological polar surface area (TPSA) is 27.8 Å². The van der Waals surface area contributed by atoms with E-state index in [1.807, 2.05) is 37.5 Å². The van der Waals surface area contributed by atoms with E-state index in [-0.39, 0.29) is 0 Å². The lowest BCUT2D eigenvalue weighted by atomic mass is 10.2. The van der Waals surface area contributed by atoms with E-state index in [4.69, 9.17) is 23.2 Å². The number of anilines is 1. The predicted octanol–water partition coefficient (Wildman–Crippen LogP) is 4.24. The highest BCUT2D eigenvalue weighted by Crippen LogP contribution is 2.29. The van der Waals surface area contributed by atoms with Crippen molar-refractivity contribution in [2.24, 2.45) is 0 Å². The Labute approximate surface area is 105 Å². The number of benzene rings is 1. The molecule has 0 saturated heterocycles. The van der Waals surface area contributed by atoms with Gasteiger partial charge in [0.25, 0.3) is 0 Å². The van der Waals surface area contributed by atoms with Gasteiger partial charge >= 0.3 is 0 Å². The second-order valence-corrected chi connectivity index (χ2v) is 4.47. The lowest BCUT2D eigenvalue weighted by Gasteiger charge is -2.09. The summed E-state index contributed by atoms with van der Waals surface area (Å²) in [6.45, 7) is 2.66. The van der Waals surface area contributed by atoms with E-state index in [9.17, 15) is 0 Å². The van der Waals surface area contributed by atoms with E-state index < -0.39 is 0 Å². The third-order valence-electron chi connectivity index (χ3n) is 2.39. The van der Waals surface area contributed by atoms with Crippen LogP contribution in [0.5, 0.6) is 0 Å². The van der Waals surface area contributed by atoms with Crippen LogP contribution in [0.2, 0.25) is 10.0 Å². The fourth-order valence-electron chi connectivity index (χ4n) is 1.45. The number of H-pyrrole nitrogens is 1. The van der Waals surface area contributed by atoms with Gasteiger partial charge in [0.2, 0.25) is 0 Å². The van der Waals surface area contributed by atoms with Crippen LogP contribution in [-0.2, 0) is 6.54 Å². The second-order valence-electron chi connectivity index (χ2n) is 3.65. The standard InChI is InChI=1S/C12H12Cl2N2/c1-8-4-11(14)12(5-10(8)13)16-7-9-2-3-15-6-9/h2-6,15-16H,7H2,1H3. The fourth-order valence-corrected chi connectivity index (χ4v) is 1.90. The van der Waals surface area contributed by atoms with Gasteiger partial charge in [0, 0.05) is 24.0 Å². The molecule has 1 aromatic carbocycles. The Bertz CT molecular complexity index is 478. The van der Waals surface area contributed by atoms with E-state index in [0.717, 1.165) is 22.8 Å². The monoisotopic (exact) mass is 254 g/mol. The van der Waals surface area contributed by atoms with Crippen molar-refractivity contribution in [3.63, 3.8) is 0 Å². The Balaban J connectivity index is 2.12. The summed E-state index contributed by atoms with van der Waals surface area (Å²) in [4.78, 5) is 3.00. The van der Waals surface area contributed by atoms with E-state index in [0.29, 0.717) is 5.02 Å². The highest BCUT2D eigenvalue weighted by molar-refractivity contribution is 6.35. The van der Waals surface area contributed by atoms with Crippen LogP contribution in [0.3, 0.4) is 0 Å². The van der Waals surface area contributed by atoms with Crippen molar-refractivity contribution >= 4 is 28.9 Å². The molecular formula is C12H12Cl2N2. The first-order valence-corrected chi connectivity index (χ1v) is 5.73. The van der Waals surface area contributed by atoms with Crippen LogP contribution in [0, 0.1) is 6.92 Å². The minimum absolute atomic E-state index is 0.692. The van der Waals surface area contributed by atoms with Gasteiger partial charge < -0.3 is 10.3 Å². The maximum Gasteiger partial charge on any atom is 0.0641 e. The second kappa shape index (κ2) is 4.81. The zero-order valence-electron chi connectivity index (χ0n) is 8.85. The van der Waals surface area contributed by atoms with Crippen LogP contribution in [0.4, 0.5) is 5.69 Å². The van der Waals surface area contributed by atoms with Gasteiger partial charge in [-0.3, -0.25) is 0 Å². The van der Waals surface area contributed by atoms with Gasteiger partial charge in [0.15, 0.2) is 0 Å². The summed E-state index contributed by atoms with van der Waals surface area (Å²) in [6.07, 6.45) is 3.83. The Kier molecular flexibility index (Phi) is 3.42. The van der Waals surface area contributed by atoms with E-state index in [2.05, 4.69) is 10.3 Å². The molecule has 0 amide bonds. The molecule has 4 heteroatoms. The molecule has 2 nitrogen and oxygen atoms in total. The summed E-state index contributed by atoms with van der Waals surface area (Å²) >= 11 is 12.2. The molecule has 2 rings (SSSR count). The van der Waals surface area contributed by atoms with Gasteiger partial charge in [-0.1, -0.05) is 23.2 Å². The molecular weight excluding hydrogens is 243 g/mol. The Morgan fingerprint density at radius 1 is 1.25 bits per heavy atom. The average Bonchev–Trinajstić information content (AvgIpc) is 2.74. The average molecular weight is 255 g/mol. The molecule has 84 valence electrons. The molecule has 0 fully saturated rings. The summed E-state index contributed by atoms with van der Waals surface area (Å²) in [7, 11) is 0. The highest BCUT2D eigenvalue weighted by Gasteiger charge is 2.04. The Morgan fingerprint density at radius 2 is 2.06 bits per heavy atom. The molecule has 0 aliphatic heterocycles. The van der Waals surface area contributed by atoms with Gasteiger partial charge in [-0.25, -0.2) is 0 Å². The first-order valence-electron chi connectivity index (χ1n) is 4.98. The summed E-state index contributed by atoms with van der Waals surface area (Å²) in [5.74, 6) is 0. The summed E-state index contributed by atoms with van der Waals surface area (Å²) < 4.78 is 0. The van der Waals surface area contributed by atoms with Gasteiger partial charge in [0.05, 0.1) is 10.7 Å². The number of nitrogens with one attached hydrogen (secondary N) is 2. The van der Waals surface area contributed by atoms with Gasteiger partial charge in [-0.2, -0.15) is 0 Å². The zero-order chi connectivity index (χ0) is 11.5. The zero-order valence-corrected chi connectivity index (χ0v) is 10.4. The first kappa shape index (κ1) is 11.4. The molecule has 0 saturated carbocycles.